The summed E-state index contributed by atoms with van der Waals surface area (Å²) in [4.78, 5) is 0. The molecule has 1 N–H and O–H groups in total. The van der Waals surface area contributed by atoms with Gasteiger partial charge in [0.15, 0.2) is 0 Å². The number of benzene rings is 1. The molecule has 3 nitrogen and oxygen atoms in total. The smallest absolute Gasteiger partial charge is 0.119 e. The molecule has 0 amide bonds. The minimum absolute atomic E-state index is 0.314. The van der Waals surface area contributed by atoms with E-state index in [0.29, 0.717) is 12.6 Å². The normalized spacial score (nSPS) is 17.3. The third-order valence-electron chi connectivity index (χ3n) is 4.13. The van der Waals surface area contributed by atoms with Crippen molar-refractivity contribution in [2.75, 3.05) is 13.2 Å². The summed E-state index contributed by atoms with van der Waals surface area (Å²) in [6, 6.07) is 9.24. The van der Waals surface area contributed by atoms with Crippen LogP contribution in [0.2, 0.25) is 0 Å². The van der Waals surface area contributed by atoms with Gasteiger partial charge in [0, 0.05) is 6.04 Å². The van der Waals surface area contributed by atoms with E-state index < -0.39 is 0 Å². The van der Waals surface area contributed by atoms with Gasteiger partial charge in [0.2, 0.25) is 0 Å². The van der Waals surface area contributed by atoms with E-state index in [-0.39, 0.29) is 5.41 Å². The largest absolute Gasteiger partial charge is 0.494 e. The maximum atomic E-state index is 9.01. The predicted octanol–water partition coefficient (Wildman–Crippen LogP) is 3.99. The standard InChI is InChI=1S/C18H26N2O/c1-4-10-20-17-8-5-14-12-15(6-7-16(14)17)21-11-9-18(2,3)13-19/h6-7,12,17,20H,4-5,8-11H2,1-3H3. The Kier molecular flexibility index (Phi) is 5.25. The minimum atomic E-state index is -0.314. The fourth-order valence-corrected chi connectivity index (χ4v) is 2.69. The number of aryl methyl sites for hydroxylation is 1. The maximum absolute atomic E-state index is 9.01. The molecule has 0 heterocycles. The second-order valence-electron chi connectivity index (χ2n) is 6.50. The van der Waals surface area contributed by atoms with Gasteiger partial charge in [-0.15, -0.1) is 0 Å². The first-order valence-corrected chi connectivity index (χ1v) is 7.96. The average molecular weight is 286 g/mol. The number of nitrogens with zero attached hydrogens (tertiary/aromatic N) is 1. The van der Waals surface area contributed by atoms with Crippen molar-refractivity contribution in [2.24, 2.45) is 5.41 Å². The van der Waals surface area contributed by atoms with Crippen molar-refractivity contribution in [1.29, 1.82) is 5.26 Å². The van der Waals surface area contributed by atoms with Crippen molar-refractivity contribution < 1.29 is 4.74 Å². The summed E-state index contributed by atoms with van der Waals surface area (Å²) in [6.07, 6.45) is 4.22. The fourth-order valence-electron chi connectivity index (χ4n) is 2.69. The van der Waals surface area contributed by atoms with Crippen LogP contribution in [0, 0.1) is 16.7 Å². The molecule has 0 aromatic heterocycles. The first-order valence-electron chi connectivity index (χ1n) is 7.96. The fraction of sp³-hybridized carbons (Fsp3) is 0.611. The molecule has 0 bridgehead atoms. The van der Waals surface area contributed by atoms with Crippen molar-refractivity contribution in [2.45, 2.75) is 52.5 Å². The van der Waals surface area contributed by atoms with Crippen LogP contribution in [0.4, 0.5) is 0 Å². The Morgan fingerprint density at radius 1 is 1.43 bits per heavy atom. The van der Waals surface area contributed by atoms with Crippen molar-refractivity contribution in [3.8, 4) is 11.8 Å². The van der Waals surface area contributed by atoms with Crippen molar-refractivity contribution in [1.82, 2.24) is 5.32 Å². The third-order valence-corrected chi connectivity index (χ3v) is 4.13. The van der Waals surface area contributed by atoms with Crippen molar-refractivity contribution in [3.05, 3.63) is 29.3 Å². The molecule has 0 radical (unpaired) electrons. The van der Waals surface area contributed by atoms with Crippen LogP contribution in [0.25, 0.3) is 0 Å². The van der Waals surface area contributed by atoms with Crippen LogP contribution in [0.1, 0.15) is 57.2 Å². The molecular weight excluding hydrogens is 260 g/mol. The molecule has 2 rings (SSSR count). The summed E-state index contributed by atoms with van der Waals surface area (Å²) in [5, 5.41) is 12.6. The van der Waals surface area contributed by atoms with Crippen LogP contribution < -0.4 is 10.1 Å². The number of fused-ring (bicyclic) bond motifs is 1. The molecule has 1 aliphatic rings. The van der Waals surface area contributed by atoms with Crippen LogP contribution in [-0.4, -0.2) is 13.2 Å². The van der Waals surface area contributed by atoms with Gasteiger partial charge in [0.05, 0.1) is 18.1 Å². The summed E-state index contributed by atoms with van der Waals surface area (Å²) < 4.78 is 5.81. The van der Waals surface area contributed by atoms with E-state index in [2.05, 4.69) is 36.5 Å². The van der Waals surface area contributed by atoms with E-state index in [1.54, 1.807) is 0 Å². The van der Waals surface area contributed by atoms with Crippen LogP contribution in [0.5, 0.6) is 5.75 Å². The maximum Gasteiger partial charge on any atom is 0.119 e. The predicted molar refractivity (Wildman–Crippen MR) is 85.3 cm³/mol. The Hall–Kier alpha value is -1.53. The van der Waals surface area contributed by atoms with Crippen LogP contribution >= 0.6 is 0 Å². The molecule has 0 fully saturated rings. The molecule has 1 aliphatic carbocycles. The number of hydrogen-bond donors (Lipinski definition) is 1. The molecule has 1 aromatic rings. The zero-order valence-corrected chi connectivity index (χ0v) is 13.4. The highest BCUT2D eigenvalue weighted by Gasteiger charge is 2.22. The second-order valence-corrected chi connectivity index (χ2v) is 6.50. The van der Waals surface area contributed by atoms with Crippen molar-refractivity contribution in [3.63, 3.8) is 0 Å². The Morgan fingerprint density at radius 3 is 2.95 bits per heavy atom. The molecule has 0 aliphatic heterocycles. The van der Waals surface area contributed by atoms with Crippen LogP contribution in [0.15, 0.2) is 18.2 Å². The van der Waals surface area contributed by atoms with Gasteiger partial charge in [-0.05, 0) is 69.3 Å². The third kappa shape index (κ3) is 4.22. The van der Waals surface area contributed by atoms with E-state index in [0.717, 1.165) is 25.1 Å². The highest BCUT2D eigenvalue weighted by molar-refractivity contribution is 5.40. The lowest BCUT2D eigenvalue weighted by Gasteiger charge is -2.16. The van der Waals surface area contributed by atoms with Gasteiger partial charge < -0.3 is 10.1 Å². The van der Waals surface area contributed by atoms with E-state index in [1.807, 2.05) is 13.8 Å². The lowest BCUT2D eigenvalue weighted by atomic mass is 9.92. The molecule has 21 heavy (non-hydrogen) atoms. The molecule has 0 saturated heterocycles. The SMILES string of the molecule is CCCNC1CCc2cc(OCCC(C)(C)C#N)ccc21. The van der Waals surface area contributed by atoms with E-state index in [4.69, 9.17) is 10.00 Å². The summed E-state index contributed by atoms with van der Waals surface area (Å²) in [7, 11) is 0. The van der Waals surface area contributed by atoms with Crippen molar-refractivity contribution >= 4 is 0 Å². The molecule has 0 spiro atoms. The van der Waals surface area contributed by atoms with Gasteiger partial charge in [-0.25, -0.2) is 0 Å². The summed E-state index contributed by atoms with van der Waals surface area (Å²) in [5.74, 6) is 0.929. The monoisotopic (exact) mass is 286 g/mol. The molecule has 1 aromatic carbocycles. The van der Waals surface area contributed by atoms with E-state index in [1.165, 1.54) is 24.0 Å². The number of nitriles is 1. The van der Waals surface area contributed by atoms with Gasteiger partial charge >= 0.3 is 0 Å². The average Bonchev–Trinajstić information content (AvgIpc) is 2.87. The second kappa shape index (κ2) is 6.95. The first-order chi connectivity index (χ1) is 10.1. The molecular formula is C18H26N2O. The molecule has 0 saturated carbocycles. The zero-order chi connectivity index (χ0) is 15.3. The number of hydrogen-bond acceptors (Lipinski definition) is 3. The Bertz CT molecular complexity index is 516. The van der Waals surface area contributed by atoms with Gasteiger partial charge in [-0.1, -0.05) is 13.0 Å². The lowest BCUT2D eigenvalue weighted by Crippen LogP contribution is -2.19. The Labute approximate surface area is 128 Å². The van der Waals surface area contributed by atoms with Crippen LogP contribution in [0.3, 0.4) is 0 Å². The summed E-state index contributed by atoms with van der Waals surface area (Å²) in [5.41, 5.74) is 2.51. The van der Waals surface area contributed by atoms with Gasteiger partial charge in [0.1, 0.15) is 5.75 Å². The number of ether oxygens (including phenoxy) is 1. The Balaban J connectivity index is 1.92. The summed E-state index contributed by atoms with van der Waals surface area (Å²) >= 11 is 0. The van der Waals surface area contributed by atoms with E-state index >= 15 is 0 Å². The highest BCUT2D eigenvalue weighted by atomic mass is 16.5. The van der Waals surface area contributed by atoms with Gasteiger partial charge in [0.25, 0.3) is 0 Å². The molecule has 3 heteroatoms. The van der Waals surface area contributed by atoms with Gasteiger partial charge in [-0.2, -0.15) is 5.26 Å². The van der Waals surface area contributed by atoms with Crippen LogP contribution in [-0.2, 0) is 6.42 Å². The minimum Gasteiger partial charge on any atom is -0.494 e. The zero-order valence-electron chi connectivity index (χ0n) is 13.4. The Morgan fingerprint density at radius 2 is 2.24 bits per heavy atom. The topological polar surface area (TPSA) is 45.0 Å². The number of nitrogens with one attached hydrogen (secondary N) is 1. The van der Waals surface area contributed by atoms with Gasteiger partial charge in [-0.3, -0.25) is 0 Å². The molecule has 114 valence electrons. The quantitative estimate of drug-likeness (QED) is 0.824. The molecule has 1 unspecified atom stereocenters. The highest BCUT2D eigenvalue weighted by Crippen LogP contribution is 2.33. The van der Waals surface area contributed by atoms with E-state index in [9.17, 15) is 0 Å². The number of rotatable bonds is 7. The lowest BCUT2D eigenvalue weighted by molar-refractivity contribution is 0.264. The summed E-state index contributed by atoms with van der Waals surface area (Å²) in [6.45, 7) is 7.76. The molecule has 1 atom stereocenters. The first kappa shape index (κ1) is 15.9.